The molecule has 6 heteroatoms. The molecule has 0 bridgehead atoms. The number of carbonyl (C=O) groups is 2. The SMILES string of the molecule is O=C(Nc1ccc(N2CCOCC2)cc1)C1CC(=O)N(c2cccc3ccccc23)C1. The van der Waals surface area contributed by atoms with E-state index in [1.165, 1.54) is 0 Å². The van der Waals surface area contributed by atoms with Crippen LogP contribution >= 0.6 is 0 Å². The minimum Gasteiger partial charge on any atom is -0.378 e. The van der Waals surface area contributed by atoms with Gasteiger partial charge in [-0.3, -0.25) is 9.59 Å². The largest absolute Gasteiger partial charge is 0.378 e. The first-order valence-corrected chi connectivity index (χ1v) is 10.7. The lowest BCUT2D eigenvalue weighted by molar-refractivity contribution is -0.122. The van der Waals surface area contributed by atoms with Crippen molar-refractivity contribution in [3.63, 3.8) is 0 Å². The molecule has 2 amide bonds. The van der Waals surface area contributed by atoms with Crippen molar-refractivity contribution in [2.45, 2.75) is 6.42 Å². The van der Waals surface area contributed by atoms with Gasteiger partial charge in [0.1, 0.15) is 0 Å². The van der Waals surface area contributed by atoms with Crippen LogP contribution < -0.4 is 15.1 Å². The summed E-state index contributed by atoms with van der Waals surface area (Å²) in [4.78, 5) is 29.6. The second kappa shape index (κ2) is 8.40. The predicted molar refractivity (Wildman–Crippen MR) is 123 cm³/mol. The van der Waals surface area contributed by atoms with Gasteiger partial charge in [-0.25, -0.2) is 0 Å². The highest BCUT2D eigenvalue weighted by Crippen LogP contribution is 2.32. The Hall–Kier alpha value is -3.38. The zero-order valence-corrected chi connectivity index (χ0v) is 17.3. The summed E-state index contributed by atoms with van der Waals surface area (Å²) in [6.07, 6.45) is 0.223. The second-order valence-corrected chi connectivity index (χ2v) is 8.04. The van der Waals surface area contributed by atoms with Crippen molar-refractivity contribution in [2.75, 3.05) is 48.0 Å². The van der Waals surface area contributed by atoms with Crippen LogP contribution in [0.1, 0.15) is 6.42 Å². The van der Waals surface area contributed by atoms with E-state index >= 15 is 0 Å². The summed E-state index contributed by atoms with van der Waals surface area (Å²) in [5, 5.41) is 5.09. The third-order valence-electron chi connectivity index (χ3n) is 6.06. The first-order valence-electron chi connectivity index (χ1n) is 10.7. The van der Waals surface area contributed by atoms with Crippen LogP contribution in [0.3, 0.4) is 0 Å². The van der Waals surface area contributed by atoms with Gasteiger partial charge in [0.2, 0.25) is 11.8 Å². The summed E-state index contributed by atoms with van der Waals surface area (Å²) in [5.41, 5.74) is 2.74. The number of carbonyl (C=O) groups excluding carboxylic acids is 2. The number of rotatable bonds is 4. The molecule has 2 fully saturated rings. The first kappa shape index (κ1) is 19.6. The zero-order valence-electron chi connectivity index (χ0n) is 17.3. The molecule has 1 N–H and O–H groups in total. The van der Waals surface area contributed by atoms with Crippen LogP contribution in [0, 0.1) is 5.92 Å². The Morgan fingerprint density at radius 1 is 0.935 bits per heavy atom. The smallest absolute Gasteiger partial charge is 0.229 e. The van der Waals surface area contributed by atoms with Crippen LogP contribution in [0.25, 0.3) is 10.8 Å². The lowest BCUT2D eigenvalue weighted by Crippen LogP contribution is -2.36. The van der Waals surface area contributed by atoms with E-state index in [4.69, 9.17) is 4.74 Å². The molecule has 2 aliphatic rings. The second-order valence-electron chi connectivity index (χ2n) is 8.04. The predicted octanol–water partition coefficient (Wildman–Crippen LogP) is 3.67. The molecule has 0 aliphatic carbocycles. The van der Waals surface area contributed by atoms with Gasteiger partial charge >= 0.3 is 0 Å². The number of nitrogens with zero attached hydrogens (tertiary/aromatic N) is 2. The van der Waals surface area contributed by atoms with E-state index in [-0.39, 0.29) is 24.2 Å². The van der Waals surface area contributed by atoms with E-state index in [1.807, 2.05) is 66.7 Å². The fourth-order valence-corrected chi connectivity index (χ4v) is 4.38. The Bertz CT molecular complexity index is 1100. The van der Waals surface area contributed by atoms with E-state index in [0.29, 0.717) is 6.54 Å². The fraction of sp³-hybridized carbons (Fsp3) is 0.280. The van der Waals surface area contributed by atoms with Crippen molar-refractivity contribution in [1.29, 1.82) is 0 Å². The molecular weight excluding hydrogens is 390 g/mol. The molecule has 1 atom stereocenters. The van der Waals surface area contributed by atoms with Gasteiger partial charge in [0.15, 0.2) is 0 Å². The number of nitrogens with one attached hydrogen (secondary N) is 1. The number of hydrogen-bond donors (Lipinski definition) is 1. The highest BCUT2D eigenvalue weighted by Gasteiger charge is 2.35. The van der Waals surface area contributed by atoms with Crippen LogP contribution in [-0.4, -0.2) is 44.7 Å². The van der Waals surface area contributed by atoms with Crippen LogP contribution in [0.4, 0.5) is 17.1 Å². The van der Waals surface area contributed by atoms with Gasteiger partial charge in [-0.2, -0.15) is 0 Å². The summed E-state index contributed by atoms with van der Waals surface area (Å²) < 4.78 is 5.40. The molecule has 3 aromatic rings. The minimum atomic E-state index is -0.370. The lowest BCUT2D eigenvalue weighted by Gasteiger charge is -2.28. The quantitative estimate of drug-likeness (QED) is 0.706. The van der Waals surface area contributed by atoms with Crippen molar-refractivity contribution in [2.24, 2.45) is 5.92 Å². The monoisotopic (exact) mass is 415 g/mol. The number of ether oxygens (including phenoxy) is 1. The third-order valence-corrected chi connectivity index (χ3v) is 6.06. The van der Waals surface area contributed by atoms with E-state index in [0.717, 1.165) is 54.1 Å². The molecule has 0 saturated carbocycles. The van der Waals surface area contributed by atoms with Gasteiger partial charge in [-0.05, 0) is 35.7 Å². The van der Waals surface area contributed by atoms with E-state index in [9.17, 15) is 9.59 Å². The molecule has 31 heavy (non-hydrogen) atoms. The number of benzene rings is 3. The number of amides is 2. The van der Waals surface area contributed by atoms with E-state index in [1.54, 1.807) is 4.90 Å². The highest BCUT2D eigenvalue weighted by molar-refractivity contribution is 6.08. The molecule has 5 rings (SSSR count). The van der Waals surface area contributed by atoms with Crippen molar-refractivity contribution < 1.29 is 14.3 Å². The standard InChI is InChI=1S/C25H25N3O3/c29-24-16-19(17-28(24)23-7-3-5-18-4-1-2-6-22(18)23)25(30)26-20-8-10-21(11-9-20)27-12-14-31-15-13-27/h1-11,19H,12-17H2,(H,26,30). The normalized spacial score (nSPS) is 19.1. The molecular formula is C25H25N3O3. The maximum Gasteiger partial charge on any atom is 0.229 e. The van der Waals surface area contributed by atoms with E-state index in [2.05, 4.69) is 10.2 Å². The molecule has 1 unspecified atom stereocenters. The number of fused-ring (bicyclic) bond motifs is 1. The number of morpholine rings is 1. The van der Waals surface area contributed by atoms with Crippen molar-refractivity contribution in [3.8, 4) is 0 Å². The summed E-state index contributed by atoms with van der Waals surface area (Å²) >= 11 is 0. The van der Waals surface area contributed by atoms with Gasteiger partial charge in [0.25, 0.3) is 0 Å². The Labute approximate surface area is 181 Å². The number of hydrogen-bond acceptors (Lipinski definition) is 4. The fourth-order valence-electron chi connectivity index (χ4n) is 4.38. The van der Waals surface area contributed by atoms with Gasteiger partial charge in [-0.1, -0.05) is 36.4 Å². The van der Waals surface area contributed by atoms with Gasteiger partial charge in [0.05, 0.1) is 24.8 Å². The summed E-state index contributed by atoms with van der Waals surface area (Å²) in [6, 6.07) is 21.8. The zero-order chi connectivity index (χ0) is 21.2. The third kappa shape index (κ3) is 3.99. The molecule has 2 heterocycles. The maximum absolute atomic E-state index is 12.9. The van der Waals surface area contributed by atoms with Crippen LogP contribution in [-0.2, 0) is 14.3 Å². The Kier molecular flexibility index (Phi) is 5.30. The van der Waals surface area contributed by atoms with Crippen molar-refractivity contribution in [1.82, 2.24) is 0 Å². The van der Waals surface area contributed by atoms with Crippen LogP contribution in [0.15, 0.2) is 66.7 Å². The molecule has 0 aromatic heterocycles. The molecule has 2 saturated heterocycles. The first-order chi connectivity index (χ1) is 15.2. The van der Waals surface area contributed by atoms with Gasteiger partial charge in [-0.15, -0.1) is 0 Å². The minimum absolute atomic E-state index is 0.0147. The van der Waals surface area contributed by atoms with Gasteiger partial charge < -0.3 is 19.9 Å². The average Bonchev–Trinajstić information content (AvgIpc) is 3.21. The maximum atomic E-state index is 12.9. The Balaban J connectivity index is 1.27. The van der Waals surface area contributed by atoms with Gasteiger partial charge in [0, 0.05) is 42.8 Å². The summed E-state index contributed by atoms with van der Waals surface area (Å²) in [5.74, 6) is -0.500. The van der Waals surface area contributed by atoms with Crippen LogP contribution in [0.2, 0.25) is 0 Å². The molecule has 158 valence electrons. The topological polar surface area (TPSA) is 61.9 Å². The summed E-state index contributed by atoms with van der Waals surface area (Å²) in [6.45, 7) is 3.62. The Morgan fingerprint density at radius 2 is 1.68 bits per heavy atom. The summed E-state index contributed by atoms with van der Waals surface area (Å²) in [7, 11) is 0. The highest BCUT2D eigenvalue weighted by atomic mass is 16.5. The average molecular weight is 415 g/mol. The molecule has 2 aliphatic heterocycles. The molecule has 0 radical (unpaired) electrons. The van der Waals surface area contributed by atoms with Crippen molar-refractivity contribution >= 4 is 39.6 Å². The van der Waals surface area contributed by atoms with E-state index < -0.39 is 0 Å². The molecule has 6 nitrogen and oxygen atoms in total. The molecule has 0 spiro atoms. The molecule has 3 aromatic carbocycles. The van der Waals surface area contributed by atoms with Crippen LogP contribution in [0.5, 0.6) is 0 Å². The number of anilines is 3. The Morgan fingerprint density at radius 3 is 2.48 bits per heavy atom. The lowest BCUT2D eigenvalue weighted by atomic mass is 10.1. The van der Waals surface area contributed by atoms with Crippen molar-refractivity contribution in [3.05, 3.63) is 66.7 Å².